The molecule has 1 saturated heterocycles. The van der Waals surface area contributed by atoms with E-state index >= 15 is 0 Å². The van der Waals surface area contributed by atoms with E-state index in [1.807, 2.05) is 6.07 Å². The highest BCUT2D eigenvalue weighted by molar-refractivity contribution is 7.88. The van der Waals surface area contributed by atoms with Gasteiger partial charge in [0.1, 0.15) is 0 Å². The molecule has 1 aromatic rings. The van der Waals surface area contributed by atoms with Crippen molar-refractivity contribution in [1.82, 2.24) is 14.9 Å². The van der Waals surface area contributed by atoms with Crippen molar-refractivity contribution >= 4 is 39.3 Å². The summed E-state index contributed by atoms with van der Waals surface area (Å²) in [6, 6.07) is 5.11. The Labute approximate surface area is 158 Å². The van der Waals surface area contributed by atoms with Crippen LogP contribution >= 0.6 is 23.2 Å². The number of carbonyl (C=O) groups is 1. The number of nitrogens with zero attached hydrogens (tertiary/aromatic N) is 1. The average molecular weight is 408 g/mol. The van der Waals surface area contributed by atoms with Gasteiger partial charge in [-0.2, -0.15) is 0 Å². The summed E-state index contributed by atoms with van der Waals surface area (Å²) in [7, 11) is -3.26. The van der Waals surface area contributed by atoms with Gasteiger partial charge in [-0.15, -0.1) is 0 Å². The molecule has 0 saturated carbocycles. The number of halogens is 2. The van der Waals surface area contributed by atoms with Gasteiger partial charge in [-0.1, -0.05) is 29.3 Å². The number of nitrogens with one attached hydrogen (secondary N) is 2. The zero-order valence-electron chi connectivity index (χ0n) is 14.1. The second kappa shape index (κ2) is 9.07. The standard InChI is InChI=1S/C16H23Cl2N3O3S/c1-25(23,24)20-11-13-4-2-3-9-21(13)16(22)19-8-7-12-5-6-14(17)15(18)10-12/h5-6,10,13,20H,2-4,7-9,11H2,1H3,(H,19,22). The predicted molar refractivity (Wildman–Crippen MR) is 101 cm³/mol. The number of piperidine rings is 1. The highest BCUT2D eigenvalue weighted by atomic mass is 35.5. The van der Waals surface area contributed by atoms with Gasteiger partial charge in [0.15, 0.2) is 0 Å². The van der Waals surface area contributed by atoms with Gasteiger partial charge in [0.05, 0.1) is 16.3 Å². The topological polar surface area (TPSA) is 78.5 Å². The summed E-state index contributed by atoms with van der Waals surface area (Å²) >= 11 is 11.9. The number of likely N-dealkylation sites (tertiary alicyclic amines) is 1. The molecular weight excluding hydrogens is 385 g/mol. The fraction of sp³-hybridized carbons (Fsp3) is 0.562. The SMILES string of the molecule is CS(=O)(=O)NCC1CCCCN1C(=O)NCCc1ccc(Cl)c(Cl)c1. The minimum atomic E-state index is -3.26. The Kier molecular flexibility index (Phi) is 7.37. The molecule has 1 aliphatic rings. The van der Waals surface area contributed by atoms with Crippen LogP contribution in [0.25, 0.3) is 0 Å². The van der Waals surface area contributed by atoms with Gasteiger partial charge < -0.3 is 10.2 Å². The molecule has 0 bridgehead atoms. The predicted octanol–water partition coefficient (Wildman–Crippen LogP) is 2.65. The molecule has 2 rings (SSSR count). The van der Waals surface area contributed by atoms with Crippen LogP contribution in [0.15, 0.2) is 18.2 Å². The van der Waals surface area contributed by atoms with Crippen LogP contribution < -0.4 is 10.0 Å². The van der Waals surface area contributed by atoms with Gasteiger partial charge in [0.2, 0.25) is 10.0 Å². The molecule has 0 radical (unpaired) electrons. The second-order valence-electron chi connectivity index (χ2n) is 6.19. The summed E-state index contributed by atoms with van der Waals surface area (Å²) in [6.07, 6.45) is 4.47. The molecule has 2 amide bonds. The molecule has 0 aliphatic carbocycles. The maximum absolute atomic E-state index is 12.4. The zero-order chi connectivity index (χ0) is 18.4. The van der Waals surface area contributed by atoms with Crippen LogP contribution in [0.5, 0.6) is 0 Å². The van der Waals surface area contributed by atoms with Crippen molar-refractivity contribution in [3.8, 4) is 0 Å². The molecule has 25 heavy (non-hydrogen) atoms. The first-order valence-electron chi connectivity index (χ1n) is 8.19. The van der Waals surface area contributed by atoms with Crippen molar-refractivity contribution in [2.45, 2.75) is 31.7 Å². The van der Waals surface area contributed by atoms with Crippen LogP contribution in [0.1, 0.15) is 24.8 Å². The molecule has 6 nitrogen and oxygen atoms in total. The second-order valence-corrected chi connectivity index (χ2v) is 8.84. The third kappa shape index (κ3) is 6.66. The Balaban J connectivity index is 1.85. The normalized spacial score (nSPS) is 18.2. The van der Waals surface area contributed by atoms with Crippen LogP contribution in [-0.4, -0.2) is 51.3 Å². The van der Waals surface area contributed by atoms with Gasteiger partial charge in [-0.25, -0.2) is 17.9 Å². The molecule has 1 atom stereocenters. The van der Waals surface area contributed by atoms with E-state index in [9.17, 15) is 13.2 Å². The summed E-state index contributed by atoms with van der Waals surface area (Å²) in [5.41, 5.74) is 0.989. The Morgan fingerprint density at radius 2 is 2.04 bits per heavy atom. The highest BCUT2D eigenvalue weighted by Crippen LogP contribution is 2.22. The number of amides is 2. The van der Waals surface area contributed by atoms with E-state index in [-0.39, 0.29) is 18.6 Å². The van der Waals surface area contributed by atoms with Crippen molar-refractivity contribution in [2.24, 2.45) is 0 Å². The van der Waals surface area contributed by atoms with Gasteiger partial charge in [-0.05, 0) is 43.4 Å². The lowest BCUT2D eigenvalue weighted by molar-refractivity contribution is 0.152. The molecule has 1 fully saturated rings. The minimum Gasteiger partial charge on any atom is -0.338 e. The Hall–Kier alpha value is -1.02. The molecule has 0 spiro atoms. The summed E-state index contributed by atoms with van der Waals surface area (Å²) in [5, 5.41) is 3.89. The zero-order valence-corrected chi connectivity index (χ0v) is 16.4. The fourth-order valence-corrected chi connectivity index (χ4v) is 3.65. The number of hydrogen-bond acceptors (Lipinski definition) is 3. The first-order chi connectivity index (χ1) is 11.8. The van der Waals surface area contributed by atoms with Crippen LogP contribution in [0.4, 0.5) is 4.79 Å². The largest absolute Gasteiger partial charge is 0.338 e. The summed E-state index contributed by atoms with van der Waals surface area (Å²) in [5.74, 6) is 0. The van der Waals surface area contributed by atoms with E-state index in [2.05, 4.69) is 10.0 Å². The number of hydrogen-bond donors (Lipinski definition) is 2. The van der Waals surface area contributed by atoms with Gasteiger partial charge in [-0.3, -0.25) is 0 Å². The van der Waals surface area contributed by atoms with E-state index in [4.69, 9.17) is 23.2 Å². The maximum Gasteiger partial charge on any atom is 0.317 e. The molecule has 9 heteroatoms. The van der Waals surface area contributed by atoms with Gasteiger partial charge >= 0.3 is 6.03 Å². The van der Waals surface area contributed by atoms with E-state index in [1.54, 1.807) is 17.0 Å². The number of urea groups is 1. The number of carbonyl (C=O) groups excluding carboxylic acids is 1. The van der Waals surface area contributed by atoms with Crippen molar-refractivity contribution in [1.29, 1.82) is 0 Å². The quantitative estimate of drug-likeness (QED) is 0.760. The average Bonchev–Trinajstić information content (AvgIpc) is 2.55. The summed E-state index contributed by atoms with van der Waals surface area (Å²) < 4.78 is 25.1. The van der Waals surface area contributed by atoms with E-state index in [1.165, 1.54) is 0 Å². The van der Waals surface area contributed by atoms with Crippen LogP contribution in [0.2, 0.25) is 10.0 Å². The summed E-state index contributed by atoms with van der Waals surface area (Å²) in [6.45, 7) is 1.35. The lowest BCUT2D eigenvalue weighted by Gasteiger charge is -2.35. The molecule has 1 unspecified atom stereocenters. The van der Waals surface area contributed by atoms with Crippen LogP contribution in [-0.2, 0) is 16.4 Å². The van der Waals surface area contributed by atoms with Gasteiger partial charge in [0.25, 0.3) is 0 Å². The van der Waals surface area contributed by atoms with Crippen molar-refractivity contribution in [3.63, 3.8) is 0 Å². The smallest absolute Gasteiger partial charge is 0.317 e. The molecule has 1 heterocycles. The van der Waals surface area contributed by atoms with E-state index in [0.29, 0.717) is 29.6 Å². The maximum atomic E-state index is 12.4. The third-order valence-electron chi connectivity index (χ3n) is 4.14. The van der Waals surface area contributed by atoms with Crippen LogP contribution in [0.3, 0.4) is 0 Å². The van der Waals surface area contributed by atoms with E-state index < -0.39 is 10.0 Å². The van der Waals surface area contributed by atoms with Gasteiger partial charge in [0, 0.05) is 25.7 Å². The molecule has 1 aromatic carbocycles. The first kappa shape index (κ1) is 20.3. The molecule has 1 aliphatic heterocycles. The Bertz CT molecular complexity index is 713. The number of benzene rings is 1. The van der Waals surface area contributed by atoms with Crippen molar-refractivity contribution in [2.75, 3.05) is 25.9 Å². The molecular formula is C16H23Cl2N3O3S. The minimum absolute atomic E-state index is 0.117. The van der Waals surface area contributed by atoms with Crippen molar-refractivity contribution < 1.29 is 13.2 Å². The summed E-state index contributed by atoms with van der Waals surface area (Å²) in [4.78, 5) is 14.2. The first-order valence-corrected chi connectivity index (χ1v) is 10.8. The number of sulfonamides is 1. The number of rotatable bonds is 6. The molecule has 140 valence electrons. The Morgan fingerprint density at radius 3 is 2.72 bits per heavy atom. The van der Waals surface area contributed by atoms with E-state index in [0.717, 1.165) is 31.1 Å². The Morgan fingerprint density at radius 1 is 1.28 bits per heavy atom. The monoisotopic (exact) mass is 407 g/mol. The fourth-order valence-electron chi connectivity index (χ4n) is 2.84. The molecule has 0 aromatic heterocycles. The third-order valence-corrected chi connectivity index (χ3v) is 5.57. The molecule has 2 N–H and O–H groups in total. The lowest BCUT2D eigenvalue weighted by atomic mass is 10.0. The lowest BCUT2D eigenvalue weighted by Crippen LogP contribution is -2.52. The van der Waals surface area contributed by atoms with Crippen molar-refractivity contribution in [3.05, 3.63) is 33.8 Å². The highest BCUT2D eigenvalue weighted by Gasteiger charge is 2.27. The van der Waals surface area contributed by atoms with Crippen LogP contribution in [0, 0.1) is 0 Å².